The van der Waals surface area contributed by atoms with Crippen molar-refractivity contribution in [1.82, 2.24) is 0 Å². The van der Waals surface area contributed by atoms with Crippen molar-refractivity contribution in [2.75, 3.05) is 0 Å². The third-order valence-electron chi connectivity index (χ3n) is 2.92. The van der Waals surface area contributed by atoms with E-state index in [2.05, 4.69) is 0 Å². The van der Waals surface area contributed by atoms with Gasteiger partial charge in [0.05, 0.1) is 10.3 Å². The molecule has 0 N–H and O–H groups in total. The van der Waals surface area contributed by atoms with Gasteiger partial charge in [-0.2, -0.15) is 0 Å². The van der Waals surface area contributed by atoms with Crippen molar-refractivity contribution in [1.29, 1.82) is 0 Å². The fraction of sp³-hybridized carbons (Fsp3) is 0.133. The van der Waals surface area contributed by atoms with E-state index in [9.17, 15) is 4.79 Å². The Bertz CT molecular complexity index is 767. The van der Waals surface area contributed by atoms with Gasteiger partial charge >= 0.3 is 0 Å². The second-order valence-corrected chi connectivity index (χ2v) is 5.36. The normalized spacial score (nSPS) is 11.0. The monoisotopic (exact) mass is 256 g/mol. The maximum atomic E-state index is 12.1. The fourth-order valence-electron chi connectivity index (χ4n) is 2.15. The maximum Gasteiger partial charge on any atom is 0.193 e. The van der Waals surface area contributed by atoms with Crippen LogP contribution in [0.15, 0.2) is 44.9 Å². The van der Waals surface area contributed by atoms with E-state index >= 15 is 0 Å². The molecule has 3 rings (SSSR count). The Morgan fingerprint density at radius 1 is 1.17 bits per heavy atom. The zero-order valence-electron chi connectivity index (χ0n) is 10.2. The predicted molar refractivity (Wildman–Crippen MR) is 75.3 cm³/mol. The SMILES string of the molecule is Cc1cc(C)c2oc(-c3cccs3)cc(=O)c2c1. The first-order valence-corrected chi connectivity index (χ1v) is 6.62. The summed E-state index contributed by atoms with van der Waals surface area (Å²) in [6.07, 6.45) is 0. The summed E-state index contributed by atoms with van der Waals surface area (Å²) >= 11 is 1.57. The molecule has 0 aliphatic rings. The van der Waals surface area contributed by atoms with Crippen LogP contribution in [0.2, 0.25) is 0 Å². The van der Waals surface area contributed by atoms with E-state index in [0.29, 0.717) is 16.7 Å². The van der Waals surface area contributed by atoms with Gasteiger partial charge in [0.25, 0.3) is 0 Å². The maximum absolute atomic E-state index is 12.1. The van der Waals surface area contributed by atoms with Gasteiger partial charge in [0.2, 0.25) is 0 Å². The summed E-state index contributed by atoms with van der Waals surface area (Å²) in [6, 6.07) is 9.40. The molecule has 0 saturated heterocycles. The van der Waals surface area contributed by atoms with Crippen LogP contribution in [-0.2, 0) is 0 Å². The van der Waals surface area contributed by atoms with Crippen LogP contribution in [0.25, 0.3) is 21.6 Å². The molecule has 0 radical (unpaired) electrons. The quantitative estimate of drug-likeness (QED) is 0.655. The van der Waals surface area contributed by atoms with Crippen molar-refractivity contribution in [2.45, 2.75) is 13.8 Å². The van der Waals surface area contributed by atoms with Crippen LogP contribution in [0.3, 0.4) is 0 Å². The molecule has 2 aromatic heterocycles. The van der Waals surface area contributed by atoms with Crippen molar-refractivity contribution in [3.63, 3.8) is 0 Å². The van der Waals surface area contributed by atoms with Gasteiger partial charge in [0.15, 0.2) is 5.43 Å². The van der Waals surface area contributed by atoms with E-state index in [1.54, 1.807) is 17.4 Å². The lowest BCUT2D eigenvalue weighted by atomic mass is 10.1. The molecule has 2 heterocycles. The molecule has 2 nitrogen and oxygen atoms in total. The van der Waals surface area contributed by atoms with Gasteiger partial charge < -0.3 is 4.42 Å². The zero-order valence-corrected chi connectivity index (χ0v) is 11.0. The standard InChI is InChI=1S/C15H12O2S/c1-9-6-10(2)15-11(7-9)12(16)8-13(17-15)14-4-3-5-18-14/h3-8H,1-2H3. The van der Waals surface area contributed by atoms with E-state index in [0.717, 1.165) is 16.0 Å². The Kier molecular flexibility index (Phi) is 2.56. The average Bonchev–Trinajstić information content (AvgIpc) is 2.83. The lowest BCUT2D eigenvalue weighted by molar-refractivity contribution is 0.617. The van der Waals surface area contributed by atoms with Crippen LogP contribution in [0.5, 0.6) is 0 Å². The number of hydrogen-bond acceptors (Lipinski definition) is 3. The van der Waals surface area contributed by atoms with Gasteiger partial charge in [-0.1, -0.05) is 12.1 Å². The molecule has 3 heteroatoms. The molecule has 90 valence electrons. The molecular weight excluding hydrogens is 244 g/mol. The Morgan fingerprint density at radius 2 is 2.00 bits per heavy atom. The minimum atomic E-state index is 0.0199. The van der Waals surface area contributed by atoms with Crippen LogP contribution in [0.1, 0.15) is 11.1 Å². The first-order valence-electron chi connectivity index (χ1n) is 5.74. The first-order chi connectivity index (χ1) is 8.65. The summed E-state index contributed by atoms with van der Waals surface area (Å²) in [5.41, 5.74) is 2.79. The molecule has 3 aromatic rings. The second-order valence-electron chi connectivity index (χ2n) is 4.41. The van der Waals surface area contributed by atoms with Crippen LogP contribution in [0, 0.1) is 13.8 Å². The number of rotatable bonds is 1. The molecule has 0 bridgehead atoms. The van der Waals surface area contributed by atoms with Crippen LogP contribution in [-0.4, -0.2) is 0 Å². The van der Waals surface area contributed by atoms with Crippen LogP contribution >= 0.6 is 11.3 Å². The van der Waals surface area contributed by atoms with E-state index in [1.807, 2.05) is 43.5 Å². The molecule has 0 saturated carbocycles. The number of hydrogen-bond donors (Lipinski definition) is 0. The number of fused-ring (bicyclic) bond motifs is 1. The number of benzene rings is 1. The highest BCUT2D eigenvalue weighted by molar-refractivity contribution is 7.13. The summed E-state index contributed by atoms with van der Waals surface area (Å²) in [4.78, 5) is 13.1. The van der Waals surface area contributed by atoms with Gasteiger partial charge in [-0.25, -0.2) is 0 Å². The van der Waals surface area contributed by atoms with Gasteiger partial charge in [-0.3, -0.25) is 4.79 Å². The summed E-state index contributed by atoms with van der Waals surface area (Å²) in [5, 5.41) is 2.63. The third-order valence-corrected chi connectivity index (χ3v) is 3.81. The van der Waals surface area contributed by atoms with Crippen LogP contribution < -0.4 is 5.43 Å². The molecule has 0 atom stereocenters. The van der Waals surface area contributed by atoms with Gasteiger partial charge in [-0.15, -0.1) is 11.3 Å². The Balaban J connectivity index is 2.38. The highest BCUT2D eigenvalue weighted by Crippen LogP contribution is 2.27. The topological polar surface area (TPSA) is 30.2 Å². The number of thiophene rings is 1. The number of aryl methyl sites for hydroxylation is 2. The summed E-state index contributed by atoms with van der Waals surface area (Å²) < 4.78 is 5.88. The third kappa shape index (κ3) is 1.77. The molecule has 0 unspecified atom stereocenters. The van der Waals surface area contributed by atoms with E-state index in [1.165, 1.54) is 0 Å². The van der Waals surface area contributed by atoms with Crippen molar-refractivity contribution in [2.24, 2.45) is 0 Å². The lowest BCUT2D eigenvalue weighted by Crippen LogP contribution is -2.01. The molecule has 0 fully saturated rings. The van der Waals surface area contributed by atoms with Crippen molar-refractivity contribution < 1.29 is 4.42 Å². The molecule has 0 spiro atoms. The molecular formula is C15H12O2S. The molecule has 0 aliphatic carbocycles. The summed E-state index contributed by atoms with van der Waals surface area (Å²) in [7, 11) is 0. The van der Waals surface area contributed by atoms with Crippen LogP contribution in [0.4, 0.5) is 0 Å². The minimum Gasteiger partial charge on any atom is -0.455 e. The highest BCUT2D eigenvalue weighted by atomic mass is 32.1. The molecule has 1 aromatic carbocycles. The highest BCUT2D eigenvalue weighted by Gasteiger charge is 2.09. The lowest BCUT2D eigenvalue weighted by Gasteiger charge is -2.05. The van der Waals surface area contributed by atoms with E-state index in [-0.39, 0.29) is 5.43 Å². The first kappa shape index (κ1) is 11.2. The van der Waals surface area contributed by atoms with Gasteiger partial charge in [-0.05, 0) is 42.5 Å². The summed E-state index contributed by atoms with van der Waals surface area (Å²) in [5.74, 6) is 0.648. The fourth-order valence-corrected chi connectivity index (χ4v) is 2.83. The van der Waals surface area contributed by atoms with Gasteiger partial charge in [0, 0.05) is 6.07 Å². The van der Waals surface area contributed by atoms with Crippen molar-refractivity contribution in [3.05, 3.63) is 57.1 Å². The zero-order chi connectivity index (χ0) is 12.7. The Labute approximate surface area is 109 Å². The van der Waals surface area contributed by atoms with E-state index in [4.69, 9.17) is 4.42 Å². The minimum absolute atomic E-state index is 0.0199. The van der Waals surface area contributed by atoms with Gasteiger partial charge in [0.1, 0.15) is 11.3 Å². The average molecular weight is 256 g/mol. The predicted octanol–water partition coefficient (Wildman–Crippen LogP) is 4.14. The Hall–Kier alpha value is -1.87. The Morgan fingerprint density at radius 3 is 2.72 bits per heavy atom. The second kappa shape index (κ2) is 4.10. The van der Waals surface area contributed by atoms with E-state index < -0.39 is 0 Å². The molecule has 0 aliphatic heterocycles. The summed E-state index contributed by atoms with van der Waals surface area (Å²) in [6.45, 7) is 3.95. The van der Waals surface area contributed by atoms with Crippen molar-refractivity contribution >= 4 is 22.3 Å². The largest absolute Gasteiger partial charge is 0.455 e. The molecule has 18 heavy (non-hydrogen) atoms. The smallest absolute Gasteiger partial charge is 0.193 e. The van der Waals surface area contributed by atoms with Crippen molar-refractivity contribution in [3.8, 4) is 10.6 Å². The molecule has 0 amide bonds.